The molecule has 0 unspecified atom stereocenters. The minimum Gasteiger partial charge on any atom is -0.458 e. The van der Waals surface area contributed by atoms with Crippen LogP contribution in [0.2, 0.25) is 0 Å². The first-order valence-corrected chi connectivity index (χ1v) is 4.60. The molecule has 0 spiro atoms. The first-order chi connectivity index (χ1) is 6.79. The van der Waals surface area contributed by atoms with Gasteiger partial charge in [0.15, 0.2) is 6.61 Å². The first-order valence-electron chi connectivity index (χ1n) is 4.60. The second-order valence-electron chi connectivity index (χ2n) is 2.55. The maximum absolute atomic E-state index is 11.4. The Bertz CT molecular complexity index is 312. The van der Waals surface area contributed by atoms with Gasteiger partial charge in [-0.15, -0.1) is 0 Å². The standard InChI is InChI=1S/C10H14NO3/c1-3-13-10(12)9-7-5-6-8-11(9)14-4-2/h5-8H,3-4H2,1-2H3/q+1. The predicted octanol–water partition coefficient (Wildman–Crippen LogP) is 0.599. The van der Waals surface area contributed by atoms with Crippen LogP contribution in [0.5, 0.6) is 0 Å². The molecule has 0 aromatic carbocycles. The molecule has 0 N–H and O–H groups in total. The largest absolute Gasteiger partial charge is 0.458 e. The third-order valence-corrected chi connectivity index (χ3v) is 1.58. The summed E-state index contributed by atoms with van der Waals surface area (Å²) < 4.78 is 6.29. The van der Waals surface area contributed by atoms with Gasteiger partial charge in [-0.2, -0.15) is 0 Å². The Morgan fingerprint density at radius 1 is 1.36 bits per heavy atom. The molecular weight excluding hydrogens is 182 g/mol. The lowest BCUT2D eigenvalue weighted by atomic mass is 10.3. The quantitative estimate of drug-likeness (QED) is 0.523. The third kappa shape index (κ3) is 2.45. The van der Waals surface area contributed by atoms with Gasteiger partial charge >= 0.3 is 11.7 Å². The molecule has 0 atom stereocenters. The molecule has 0 saturated carbocycles. The topological polar surface area (TPSA) is 39.4 Å². The molecule has 76 valence electrons. The molecule has 4 heteroatoms. The van der Waals surface area contributed by atoms with Gasteiger partial charge < -0.3 is 4.74 Å². The number of ether oxygens (including phenoxy) is 1. The molecule has 0 aliphatic rings. The van der Waals surface area contributed by atoms with Crippen LogP contribution in [0.1, 0.15) is 24.3 Å². The predicted molar refractivity (Wildman–Crippen MR) is 49.7 cm³/mol. The van der Waals surface area contributed by atoms with Crippen molar-refractivity contribution in [3.8, 4) is 0 Å². The van der Waals surface area contributed by atoms with Crippen molar-refractivity contribution >= 4 is 5.97 Å². The molecule has 0 aliphatic carbocycles. The van der Waals surface area contributed by atoms with Gasteiger partial charge in [-0.3, -0.25) is 4.84 Å². The average molecular weight is 196 g/mol. The number of rotatable bonds is 4. The fraction of sp³-hybridized carbons (Fsp3) is 0.400. The zero-order valence-electron chi connectivity index (χ0n) is 8.40. The van der Waals surface area contributed by atoms with Crippen LogP contribution in [0.4, 0.5) is 0 Å². The molecule has 1 heterocycles. The van der Waals surface area contributed by atoms with E-state index in [-0.39, 0.29) is 5.97 Å². The van der Waals surface area contributed by atoms with Gasteiger partial charge in [-0.25, -0.2) is 4.79 Å². The lowest BCUT2D eigenvalue weighted by molar-refractivity contribution is -0.892. The van der Waals surface area contributed by atoms with Crippen molar-refractivity contribution < 1.29 is 19.1 Å². The van der Waals surface area contributed by atoms with Crippen molar-refractivity contribution in [2.45, 2.75) is 13.8 Å². The Balaban J connectivity index is 2.88. The van der Waals surface area contributed by atoms with Crippen molar-refractivity contribution in [3.63, 3.8) is 0 Å². The molecule has 1 aromatic rings. The number of hydrogen-bond acceptors (Lipinski definition) is 3. The van der Waals surface area contributed by atoms with E-state index in [0.29, 0.717) is 18.9 Å². The monoisotopic (exact) mass is 196 g/mol. The highest BCUT2D eigenvalue weighted by atomic mass is 16.7. The average Bonchev–Trinajstić information content (AvgIpc) is 2.19. The summed E-state index contributed by atoms with van der Waals surface area (Å²) in [6, 6.07) is 5.22. The van der Waals surface area contributed by atoms with Crippen molar-refractivity contribution in [1.82, 2.24) is 0 Å². The minimum absolute atomic E-state index is 0.361. The Morgan fingerprint density at radius 2 is 2.14 bits per heavy atom. The van der Waals surface area contributed by atoms with Crippen LogP contribution < -0.4 is 9.57 Å². The van der Waals surface area contributed by atoms with Crippen LogP contribution in [-0.4, -0.2) is 19.2 Å². The summed E-state index contributed by atoms with van der Waals surface area (Å²) >= 11 is 0. The zero-order valence-corrected chi connectivity index (χ0v) is 8.40. The van der Waals surface area contributed by atoms with E-state index in [1.165, 1.54) is 4.73 Å². The fourth-order valence-electron chi connectivity index (χ4n) is 1.04. The summed E-state index contributed by atoms with van der Waals surface area (Å²) in [5.74, 6) is -0.374. The van der Waals surface area contributed by atoms with E-state index in [4.69, 9.17) is 9.57 Å². The molecule has 4 nitrogen and oxygen atoms in total. The minimum atomic E-state index is -0.374. The fourth-order valence-corrected chi connectivity index (χ4v) is 1.04. The van der Waals surface area contributed by atoms with E-state index in [0.717, 1.165) is 0 Å². The lowest BCUT2D eigenvalue weighted by Crippen LogP contribution is -2.47. The molecule has 0 fully saturated rings. The third-order valence-electron chi connectivity index (χ3n) is 1.58. The Kier molecular flexibility index (Phi) is 3.91. The maximum atomic E-state index is 11.4. The molecule has 1 rings (SSSR count). The van der Waals surface area contributed by atoms with Crippen LogP contribution in [0.3, 0.4) is 0 Å². The van der Waals surface area contributed by atoms with Gasteiger partial charge in [0.05, 0.1) is 6.61 Å². The summed E-state index contributed by atoms with van der Waals surface area (Å²) in [6.45, 7) is 4.49. The number of esters is 1. The van der Waals surface area contributed by atoms with Gasteiger partial charge in [0.2, 0.25) is 6.20 Å². The summed E-state index contributed by atoms with van der Waals surface area (Å²) in [7, 11) is 0. The smallest absolute Gasteiger partial charge is 0.408 e. The summed E-state index contributed by atoms with van der Waals surface area (Å²) in [5.41, 5.74) is 0.399. The number of nitrogens with zero attached hydrogens (tertiary/aromatic N) is 1. The highest BCUT2D eigenvalue weighted by Crippen LogP contribution is 1.94. The molecule has 0 bridgehead atoms. The molecule has 1 aromatic heterocycles. The molecule has 0 aliphatic heterocycles. The normalized spacial score (nSPS) is 9.57. The molecule has 0 radical (unpaired) electrons. The van der Waals surface area contributed by atoms with Crippen LogP contribution in [0, 0.1) is 0 Å². The van der Waals surface area contributed by atoms with E-state index >= 15 is 0 Å². The number of pyridine rings is 1. The zero-order chi connectivity index (χ0) is 10.4. The maximum Gasteiger partial charge on any atom is 0.408 e. The van der Waals surface area contributed by atoms with Gasteiger partial charge in [-0.05, 0) is 19.9 Å². The van der Waals surface area contributed by atoms with Gasteiger partial charge in [0.25, 0.3) is 0 Å². The second-order valence-corrected chi connectivity index (χ2v) is 2.55. The van der Waals surface area contributed by atoms with Crippen LogP contribution in [-0.2, 0) is 4.74 Å². The van der Waals surface area contributed by atoms with Crippen molar-refractivity contribution in [1.29, 1.82) is 0 Å². The van der Waals surface area contributed by atoms with Crippen molar-refractivity contribution in [3.05, 3.63) is 30.1 Å². The van der Waals surface area contributed by atoms with Gasteiger partial charge in [-0.1, -0.05) is 0 Å². The second kappa shape index (κ2) is 5.21. The van der Waals surface area contributed by atoms with Crippen LogP contribution >= 0.6 is 0 Å². The number of aromatic nitrogens is 1. The number of carbonyl (C=O) groups excluding carboxylic acids is 1. The number of carbonyl (C=O) groups is 1. The van der Waals surface area contributed by atoms with Crippen molar-refractivity contribution in [2.24, 2.45) is 0 Å². The van der Waals surface area contributed by atoms with E-state index in [1.807, 2.05) is 6.92 Å². The van der Waals surface area contributed by atoms with E-state index in [9.17, 15) is 4.79 Å². The van der Waals surface area contributed by atoms with Gasteiger partial charge in [0, 0.05) is 16.9 Å². The van der Waals surface area contributed by atoms with E-state index in [1.54, 1.807) is 31.3 Å². The summed E-state index contributed by atoms with van der Waals surface area (Å²) in [5, 5.41) is 0. The first kappa shape index (κ1) is 10.5. The highest BCUT2D eigenvalue weighted by molar-refractivity contribution is 5.85. The molecule has 0 saturated heterocycles. The molecular formula is C10H14NO3+. The van der Waals surface area contributed by atoms with Crippen LogP contribution in [0.15, 0.2) is 24.4 Å². The SMILES string of the molecule is CCOC(=O)c1cccc[n+]1OCC. The molecule has 14 heavy (non-hydrogen) atoms. The summed E-state index contributed by atoms with van der Waals surface area (Å²) in [4.78, 5) is 16.6. The highest BCUT2D eigenvalue weighted by Gasteiger charge is 2.21. The Morgan fingerprint density at radius 3 is 2.79 bits per heavy atom. The molecule has 0 amide bonds. The van der Waals surface area contributed by atoms with E-state index < -0.39 is 0 Å². The van der Waals surface area contributed by atoms with E-state index in [2.05, 4.69) is 0 Å². The van der Waals surface area contributed by atoms with Crippen LogP contribution in [0.25, 0.3) is 0 Å². The number of hydrogen-bond donors (Lipinski definition) is 0. The Labute approximate surface area is 83.0 Å². The summed E-state index contributed by atoms with van der Waals surface area (Å²) in [6.07, 6.45) is 1.68. The van der Waals surface area contributed by atoms with Gasteiger partial charge in [0.1, 0.15) is 0 Å². The lowest BCUT2D eigenvalue weighted by Gasteiger charge is -2.00. The Hall–Kier alpha value is -1.58. The van der Waals surface area contributed by atoms with Crippen molar-refractivity contribution in [2.75, 3.05) is 13.2 Å².